The van der Waals surface area contributed by atoms with E-state index in [0.29, 0.717) is 13.2 Å². The summed E-state index contributed by atoms with van der Waals surface area (Å²) in [5.74, 6) is -0.764. The van der Waals surface area contributed by atoms with Crippen LogP contribution in [0, 0.1) is 0 Å². The van der Waals surface area contributed by atoms with Crippen molar-refractivity contribution in [3.63, 3.8) is 0 Å². The first-order chi connectivity index (χ1) is 16.4. The van der Waals surface area contributed by atoms with Gasteiger partial charge in [0, 0.05) is 14.2 Å². The number of fused-ring (bicyclic) bond motifs is 3. The monoisotopic (exact) mass is 482 g/mol. The second-order valence-corrected chi connectivity index (χ2v) is 9.47. The first-order valence-corrected chi connectivity index (χ1v) is 11.7. The van der Waals surface area contributed by atoms with Gasteiger partial charge in [-0.05, 0) is 19.4 Å². The SMILES string of the molecule is CO[C@@H]1[C@@H](OC)[C@H](O[C@H]2[C@H](O)[C@@H](OCc3ccccc3)[C@@H]3OC[C@H]2O3)O[C@@H]2COC(C)(C)O[C@@H]12. The van der Waals surface area contributed by atoms with Crippen LogP contribution in [0.4, 0.5) is 0 Å². The van der Waals surface area contributed by atoms with E-state index < -0.39 is 67.2 Å². The summed E-state index contributed by atoms with van der Waals surface area (Å²) in [5, 5.41) is 11.2. The second kappa shape index (κ2) is 10.1. The fourth-order valence-corrected chi connectivity index (χ4v) is 5.04. The summed E-state index contributed by atoms with van der Waals surface area (Å²) in [6.45, 7) is 4.60. The van der Waals surface area contributed by atoms with Gasteiger partial charge in [0.2, 0.25) is 0 Å². The molecular weight excluding hydrogens is 448 g/mol. The van der Waals surface area contributed by atoms with Crippen molar-refractivity contribution in [3.8, 4) is 0 Å². The van der Waals surface area contributed by atoms with Gasteiger partial charge in [-0.2, -0.15) is 0 Å². The largest absolute Gasteiger partial charge is 0.387 e. The molecule has 0 spiro atoms. The minimum absolute atomic E-state index is 0.280. The Hall–Kier alpha value is -1.18. The topological polar surface area (TPSA) is 103 Å². The molecule has 0 radical (unpaired) electrons. The van der Waals surface area contributed by atoms with Gasteiger partial charge in [0.15, 0.2) is 18.4 Å². The Morgan fingerprint density at radius 1 is 0.941 bits per heavy atom. The van der Waals surface area contributed by atoms with Gasteiger partial charge >= 0.3 is 0 Å². The Morgan fingerprint density at radius 2 is 1.71 bits per heavy atom. The van der Waals surface area contributed by atoms with Gasteiger partial charge in [0.1, 0.15) is 48.8 Å². The van der Waals surface area contributed by atoms with Crippen LogP contribution in [-0.4, -0.2) is 99.7 Å². The molecule has 0 aromatic heterocycles. The minimum Gasteiger partial charge on any atom is -0.387 e. The fourth-order valence-electron chi connectivity index (χ4n) is 5.04. The number of methoxy groups -OCH3 is 2. The molecule has 4 saturated heterocycles. The Labute approximate surface area is 199 Å². The lowest BCUT2D eigenvalue weighted by molar-refractivity contribution is -0.397. The van der Waals surface area contributed by atoms with E-state index in [4.69, 9.17) is 42.6 Å². The van der Waals surface area contributed by atoms with E-state index >= 15 is 0 Å². The Balaban J connectivity index is 1.30. The van der Waals surface area contributed by atoms with E-state index in [-0.39, 0.29) is 6.61 Å². The maximum absolute atomic E-state index is 11.2. The summed E-state index contributed by atoms with van der Waals surface area (Å²) in [5.41, 5.74) is 0.983. The number of aliphatic hydroxyl groups is 1. The van der Waals surface area contributed by atoms with Crippen molar-refractivity contribution in [2.75, 3.05) is 27.4 Å². The van der Waals surface area contributed by atoms with Crippen LogP contribution >= 0.6 is 0 Å². The third-order valence-electron chi connectivity index (χ3n) is 6.77. The summed E-state index contributed by atoms with van der Waals surface area (Å²) in [6.07, 6.45) is -6.32. The van der Waals surface area contributed by atoms with Gasteiger partial charge in [-0.25, -0.2) is 0 Å². The van der Waals surface area contributed by atoms with E-state index in [2.05, 4.69) is 0 Å². The highest BCUT2D eigenvalue weighted by Crippen LogP contribution is 2.38. The van der Waals surface area contributed by atoms with Crippen LogP contribution in [0.3, 0.4) is 0 Å². The molecule has 0 amide bonds. The third-order valence-corrected chi connectivity index (χ3v) is 6.77. The first-order valence-electron chi connectivity index (χ1n) is 11.7. The third kappa shape index (κ3) is 4.77. The Morgan fingerprint density at radius 3 is 2.44 bits per heavy atom. The maximum Gasteiger partial charge on any atom is 0.187 e. The van der Waals surface area contributed by atoms with Crippen molar-refractivity contribution in [1.29, 1.82) is 0 Å². The lowest BCUT2D eigenvalue weighted by atomic mass is 9.96. The smallest absolute Gasteiger partial charge is 0.187 e. The average Bonchev–Trinajstić information content (AvgIpc) is 3.27. The molecule has 5 rings (SSSR count). The number of hydrogen-bond donors (Lipinski definition) is 1. The predicted octanol–water partition coefficient (Wildman–Crippen LogP) is 0.979. The van der Waals surface area contributed by atoms with Crippen molar-refractivity contribution in [3.05, 3.63) is 35.9 Å². The number of benzene rings is 1. The zero-order valence-electron chi connectivity index (χ0n) is 19.9. The molecule has 0 saturated carbocycles. The van der Waals surface area contributed by atoms with E-state index in [1.54, 1.807) is 14.2 Å². The van der Waals surface area contributed by atoms with Gasteiger partial charge in [0.05, 0.1) is 19.8 Å². The average molecular weight is 483 g/mol. The number of rotatable bonds is 7. The molecule has 0 unspecified atom stereocenters. The highest BCUT2D eigenvalue weighted by atomic mass is 16.8. The van der Waals surface area contributed by atoms with Crippen LogP contribution < -0.4 is 0 Å². The standard InChI is InChI=1S/C24H34O10/c1-24(2)30-12-15-18(34-24)20(26-3)21(27-4)23(32-15)33-17-14-11-29-22(31-14)19(16(17)25)28-10-13-8-6-5-7-9-13/h5-9,14-23,25H,10-12H2,1-4H3/t14-,15-,16+,17-,18-,19-,20+,21-,22-,23+/m1/s1. The summed E-state index contributed by atoms with van der Waals surface area (Å²) in [6, 6.07) is 9.72. The quantitative estimate of drug-likeness (QED) is 0.605. The van der Waals surface area contributed by atoms with E-state index in [0.717, 1.165) is 5.56 Å². The Bertz CT molecular complexity index is 806. The summed E-state index contributed by atoms with van der Waals surface area (Å²) < 4.78 is 53.6. The fraction of sp³-hybridized carbons (Fsp3) is 0.750. The molecule has 1 N–H and O–H groups in total. The Kier molecular flexibility index (Phi) is 7.25. The van der Waals surface area contributed by atoms with Gasteiger partial charge in [-0.1, -0.05) is 30.3 Å². The molecule has 4 aliphatic rings. The van der Waals surface area contributed by atoms with Crippen LogP contribution in [0.1, 0.15) is 19.4 Å². The molecule has 190 valence electrons. The lowest BCUT2D eigenvalue weighted by Gasteiger charge is -2.51. The molecule has 4 aliphatic heterocycles. The number of aliphatic hydroxyl groups excluding tert-OH is 1. The number of ether oxygens (including phenoxy) is 9. The van der Waals surface area contributed by atoms with Crippen LogP contribution in [0.5, 0.6) is 0 Å². The van der Waals surface area contributed by atoms with Crippen LogP contribution in [-0.2, 0) is 49.2 Å². The summed E-state index contributed by atoms with van der Waals surface area (Å²) in [7, 11) is 3.17. The molecule has 4 heterocycles. The van der Waals surface area contributed by atoms with E-state index in [1.807, 2.05) is 44.2 Å². The van der Waals surface area contributed by atoms with Gasteiger partial charge in [0.25, 0.3) is 0 Å². The molecule has 4 fully saturated rings. The molecule has 1 aromatic carbocycles. The molecule has 10 atom stereocenters. The molecular formula is C24H34O10. The van der Waals surface area contributed by atoms with Gasteiger partial charge in [-0.3, -0.25) is 0 Å². The van der Waals surface area contributed by atoms with Gasteiger partial charge < -0.3 is 47.7 Å². The highest BCUT2D eigenvalue weighted by molar-refractivity contribution is 5.13. The first kappa shape index (κ1) is 24.5. The zero-order chi connectivity index (χ0) is 23.9. The second-order valence-electron chi connectivity index (χ2n) is 9.47. The van der Waals surface area contributed by atoms with Crippen molar-refractivity contribution in [1.82, 2.24) is 0 Å². The minimum atomic E-state index is -0.993. The van der Waals surface area contributed by atoms with E-state index in [1.165, 1.54) is 0 Å². The van der Waals surface area contributed by atoms with Crippen LogP contribution in [0.25, 0.3) is 0 Å². The highest BCUT2D eigenvalue weighted by Gasteiger charge is 2.56. The predicted molar refractivity (Wildman–Crippen MR) is 116 cm³/mol. The molecule has 10 heteroatoms. The molecule has 34 heavy (non-hydrogen) atoms. The van der Waals surface area contributed by atoms with E-state index in [9.17, 15) is 5.11 Å². The zero-order valence-corrected chi connectivity index (χ0v) is 19.9. The van der Waals surface area contributed by atoms with Crippen molar-refractivity contribution in [2.24, 2.45) is 0 Å². The lowest BCUT2D eigenvalue weighted by Crippen LogP contribution is -2.67. The summed E-state index contributed by atoms with van der Waals surface area (Å²) in [4.78, 5) is 0. The van der Waals surface area contributed by atoms with Gasteiger partial charge in [-0.15, -0.1) is 0 Å². The number of hydrogen-bond acceptors (Lipinski definition) is 10. The van der Waals surface area contributed by atoms with Crippen molar-refractivity contribution < 1.29 is 47.7 Å². The molecule has 1 aromatic rings. The van der Waals surface area contributed by atoms with Crippen molar-refractivity contribution in [2.45, 2.75) is 87.7 Å². The van der Waals surface area contributed by atoms with Crippen molar-refractivity contribution >= 4 is 0 Å². The van der Waals surface area contributed by atoms with Crippen LogP contribution in [0.15, 0.2) is 30.3 Å². The van der Waals surface area contributed by atoms with Crippen LogP contribution in [0.2, 0.25) is 0 Å². The molecule has 0 aliphatic carbocycles. The maximum atomic E-state index is 11.2. The molecule has 10 nitrogen and oxygen atoms in total. The normalized spacial score (nSPS) is 43.4. The summed E-state index contributed by atoms with van der Waals surface area (Å²) >= 11 is 0. The molecule has 2 bridgehead atoms.